The second kappa shape index (κ2) is 5.96. The van der Waals surface area contributed by atoms with Gasteiger partial charge in [0.25, 0.3) is 0 Å². The highest BCUT2D eigenvalue weighted by Gasteiger charge is 2.25. The molecule has 0 aliphatic carbocycles. The quantitative estimate of drug-likeness (QED) is 0.841. The Morgan fingerprint density at radius 2 is 2.06 bits per heavy atom. The van der Waals surface area contributed by atoms with Crippen LogP contribution in [0.4, 0.5) is 4.39 Å². The number of amides is 1. The second-order valence-electron chi connectivity index (χ2n) is 5.15. The van der Waals surface area contributed by atoms with E-state index in [0.29, 0.717) is 18.7 Å². The van der Waals surface area contributed by atoms with Crippen molar-refractivity contribution >= 4 is 5.91 Å². The number of hydrogen-bond acceptors (Lipinski definition) is 2. The molecule has 0 saturated carbocycles. The number of hydrogen-bond donors (Lipinski definition) is 2. The third-order valence-electron chi connectivity index (χ3n) is 2.96. The fourth-order valence-electron chi connectivity index (χ4n) is 1.75. The summed E-state index contributed by atoms with van der Waals surface area (Å²) in [5.74, 6) is -0.185. The van der Waals surface area contributed by atoms with Crippen LogP contribution in [0, 0.1) is 18.2 Å². The van der Waals surface area contributed by atoms with Gasteiger partial charge < -0.3 is 10.6 Å². The number of nitrogens with one attached hydrogen (secondary N) is 2. The van der Waals surface area contributed by atoms with Crippen LogP contribution < -0.4 is 10.6 Å². The molecule has 0 saturated heterocycles. The predicted molar refractivity (Wildman–Crippen MR) is 70.7 cm³/mol. The van der Waals surface area contributed by atoms with Gasteiger partial charge in [-0.15, -0.1) is 0 Å². The molecule has 0 bridgehead atoms. The van der Waals surface area contributed by atoms with Crippen molar-refractivity contribution in [3.63, 3.8) is 0 Å². The van der Waals surface area contributed by atoms with Crippen LogP contribution >= 0.6 is 0 Å². The summed E-state index contributed by atoms with van der Waals surface area (Å²) in [6.07, 6.45) is 0. The Bertz CT molecular complexity index is 430. The number of carbonyl (C=O) groups excluding carboxylic acids is 1. The highest BCUT2D eigenvalue weighted by atomic mass is 19.1. The van der Waals surface area contributed by atoms with E-state index in [9.17, 15) is 9.18 Å². The fourth-order valence-corrected chi connectivity index (χ4v) is 1.75. The molecule has 0 radical (unpaired) electrons. The van der Waals surface area contributed by atoms with E-state index in [4.69, 9.17) is 0 Å². The maximum absolute atomic E-state index is 13.1. The molecule has 0 unspecified atom stereocenters. The van der Waals surface area contributed by atoms with Crippen molar-refractivity contribution in [2.45, 2.75) is 27.3 Å². The van der Waals surface area contributed by atoms with Crippen LogP contribution in [0.2, 0.25) is 0 Å². The number of benzene rings is 1. The minimum atomic E-state index is -0.455. The van der Waals surface area contributed by atoms with Crippen molar-refractivity contribution in [2.24, 2.45) is 5.41 Å². The van der Waals surface area contributed by atoms with Crippen molar-refractivity contribution in [2.75, 3.05) is 13.6 Å². The topological polar surface area (TPSA) is 41.1 Å². The largest absolute Gasteiger partial charge is 0.359 e. The molecule has 1 amide bonds. The Kier molecular flexibility index (Phi) is 4.84. The Morgan fingerprint density at radius 1 is 1.39 bits per heavy atom. The standard InChI is InChI=1S/C14H21FN2O/c1-10-7-11(5-6-12(10)15)8-17-9-14(2,3)13(18)16-4/h5-7,17H,8-9H2,1-4H3,(H,16,18). The minimum absolute atomic E-state index is 0.00490. The third kappa shape index (κ3) is 3.81. The lowest BCUT2D eigenvalue weighted by atomic mass is 9.92. The summed E-state index contributed by atoms with van der Waals surface area (Å²) in [4.78, 5) is 11.6. The van der Waals surface area contributed by atoms with E-state index in [1.165, 1.54) is 6.07 Å². The van der Waals surface area contributed by atoms with Gasteiger partial charge in [-0.1, -0.05) is 12.1 Å². The van der Waals surface area contributed by atoms with Crippen molar-refractivity contribution in [3.8, 4) is 0 Å². The molecule has 0 aliphatic heterocycles. The lowest BCUT2D eigenvalue weighted by Gasteiger charge is -2.23. The Balaban J connectivity index is 2.51. The first kappa shape index (κ1) is 14.6. The van der Waals surface area contributed by atoms with Crippen molar-refractivity contribution < 1.29 is 9.18 Å². The van der Waals surface area contributed by atoms with Gasteiger partial charge in [-0.05, 0) is 38.0 Å². The molecule has 0 aromatic heterocycles. The van der Waals surface area contributed by atoms with Crippen LogP contribution in [0.15, 0.2) is 18.2 Å². The maximum Gasteiger partial charge on any atom is 0.226 e. The van der Waals surface area contributed by atoms with Crippen LogP contribution in [0.25, 0.3) is 0 Å². The van der Waals surface area contributed by atoms with Gasteiger partial charge in [0.05, 0.1) is 5.41 Å². The van der Waals surface area contributed by atoms with E-state index in [-0.39, 0.29) is 11.7 Å². The molecule has 18 heavy (non-hydrogen) atoms. The zero-order chi connectivity index (χ0) is 13.8. The third-order valence-corrected chi connectivity index (χ3v) is 2.96. The second-order valence-corrected chi connectivity index (χ2v) is 5.15. The summed E-state index contributed by atoms with van der Waals surface area (Å²) in [6.45, 7) is 6.71. The molecule has 1 rings (SSSR count). The highest BCUT2D eigenvalue weighted by Crippen LogP contribution is 2.14. The molecule has 100 valence electrons. The van der Waals surface area contributed by atoms with E-state index < -0.39 is 5.41 Å². The normalized spacial score (nSPS) is 11.4. The molecule has 4 heteroatoms. The summed E-state index contributed by atoms with van der Waals surface area (Å²) in [6, 6.07) is 5.04. The Hall–Kier alpha value is -1.42. The predicted octanol–water partition coefficient (Wildman–Crippen LogP) is 2.00. The van der Waals surface area contributed by atoms with Gasteiger partial charge in [0.15, 0.2) is 0 Å². The maximum atomic E-state index is 13.1. The van der Waals surface area contributed by atoms with Crippen LogP contribution in [0.1, 0.15) is 25.0 Å². The van der Waals surface area contributed by atoms with E-state index in [2.05, 4.69) is 10.6 Å². The first-order valence-corrected chi connectivity index (χ1v) is 6.05. The monoisotopic (exact) mass is 252 g/mol. The van der Waals surface area contributed by atoms with Gasteiger partial charge in [0.1, 0.15) is 5.82 Å². The highest BCUT2D eigenvalue weighted by molar-refractivity contribution is 5.81. The number of aryl methyl sites for hydroxylation is 1. The minimum Gasteiger partial charge on any atom is -0.359 e. The van der Waals surface area contributed by atoms with Crippen LogP contribution in [-0.2, 0) is 11.3 Å². The van der Waals surface area contributed by atoms with Crippen molar-refractivity contribution in [1.29, 1.82) is 0 Å². The Morgan fingerprint density at radius 3 is 2.61 bits per heavy atom. The molecule has 0 fully saturated rings. The van der Waals surface area contributed by atoms with Gasteiger partial charge in [-0.2, -0.15) is 0 Å². The fraction of sp³-hybridized carbons (Fsp3) is 0.500. The molecule has 1 aromatic rings. The molecule has 0 aliphatic rings. The molecule has 0 spiro atoms. The molecule has 1 aromatic carbocycles. The number of rotatable bonds is 5. The van der Waals surface area contributed by atoms with Gasteiger partial charge in [-0.3, -0.25) is 4.79 Å². The van der Waals surface area contributed by atoms with Crippen LogP contribution in [0.5, 0.6) is 0 Å². The molecule has 3 nitrogen and oxygen atoms in total. The Labute approximate surface area is 108 Å². The molecule has 0 atom stereocenters. The van der Waals surface area contributed by atoms with Crippen LogP contribution in [0.3, 0.4) is 0 Å². The van der Waals surface area contributed by atoms with E-state index >= 15 is 0 Å². The summed E-state index contributed by atoms with van der Waals surface area (Å²) in [5, 5.41) is 5.86. The molecular formula is C14H21FN2O. The van der Waals surface area contributed by atoms with E-state index in [1.54, 1.807) is 20.0 Å². The molecular weight excluding hydrogens is 231 g/mol. The average molecular weight is 252 g/mol. The SMILES string of the molecule is CNC(=O)C(C)(C)CNCc1ccc(F)c(C)c1. The average Bonchev–Trinajstić information content (AvgIpc) is 2.32. The molecule has 0 heterocycles. The number of halogens is 1. The van der Waals surface area contributed by atoms with Gasteiger partial charge in [0.2, 0.25) is 5.91 Å². The summed E-state index contributed by atoms with van der Waals surface area (Å²) < 4.78 is 13.1. The van der Waals surface area contributed by atoms with Crippen molar-refractivity contribution in [3.05, 3.63) is 35.1 Å². The van der Waals surface area contributed by atoms with E-state index in [1.807, 2.05) is 19.9 Å². The van der Waals surface area contributed by atoms with Crippen molar-refractivity contribution in [1.82, 2.24) is 10.6 Å². The molecule has 2 N–H and O–H groups in total. The smallest absolute Gasteiger partial charge is 0.226 e. The first-order valence-electron chi connectivity index (χ1n) is 6.05. The zero-order valence-electron chi connectivity index (χ0n) is 11.4. The van der Waals surface area contributed by atoms with Crippen LogP contribution in [-0.4, -0.2) is 19.5 Å². The lowest BCUT2D eigenvalue weighted by molar-refractivity contribution is -0.128. The zero-order valence-corrected chi connectivity index (χ0v) is 11.4. The van der Waals surface area contributed by atoms with E-state index in [0.717, 1.165) is 5.56 Å². The first-order chi connectivity index (χ1) is 8.36. The summed E-state index contributed by atoms with van der Waals surface area (Å²) >= 11 is 0. The van der Waals surface area contributed by atoms with Gasteiger partial charge >= 0.3 is 0 Å². The number of carbonyl (C=O) groups is 1. The summed E-state index contributed by atoms with van der Waals surface area (Å²) in [7, 11) is 1.63. The van der Waals surface area contributed by atoms with Gasteiger partial charge in [0, 0.05) is 20.1 Å². The summed E-state index contributed by atoms with van der Waals surface area (Å²) in [5.41, 5.74) is 1.20. The lowest BCUT2D eigenvalue weighted by Crippen LogP contribution is -2.41. The van der Waals surface area contributed by atoms with Gasteiger partial charge in [-0.25, -0.2) is 4.39 Å².